The maximum absolute atomic E-state index is 3.90. The van der Waals surface area contributed by atoms with Gasteiger partial charge in [-0.15, -0.1) is 0 Å². The molecule has 1 aliphatic carbocycles. The third-order valence-corrected chi connectivity index (χ3v) is 4.84. The van der Waals surface area contributed by atoms with Crippen LogP contribution in [0.3, 0.4) is 0 Å². The summed E-state index contributed by atoms with van der Waals surface area (Å²) in [6, 6.07) is 0. The molecule has 2 rings (SSSR count). The van der Waals surface area contributed by atoms with Crippen molar-refractivity contribution in [3.63, 3.8) is 0 Å². The van der Waals surface area contributed by atoms with E-state index in [-0.39, 0.29) is 0 Å². The number of hydrogen-bond donors (Lipinski definition) is 1. The van der Waals surface area contributed by atoms with Crippen molar-refractivity contribution in [1.29, 1.82) is 0 Å². The lowest BCUT2D eigenvalue weighted by molar-refractivity contribution is 0.0786. The highest BCUT2D eigenvalue weighted by atomic mass is 15.0. The van der Waals surface area contributed by atoms with E-state index in [1.807, 2.05) is 0 Å². The van der Waals surface area contributed by atoms with Gasteiger partial charge in [0.05, 0.1) is 0 Å². The predicted octanol–water partition coefficient (Wildman–Crippen LogP) is 3.74. The van der Waals surface area contributed by atoms with Crippen LogP contribution < -0.4 is 5.32 Å². The van der Waals surface area contributed by atoms with Crippen LogP contribution in [-0.2, 0) is 0 Å². The average Bonchev–Trinajstić information content (AvgIpc) is 2.31. The fraction of sp³-hybridized carbons (Fsp3) is 1.00. The lowest BCUT2D eigenvalue weighted by Crippen LogP contribution is -2.58. The van der Waals surface area contributed by atoms with Crippen LogP contribution in [0.4, 0.5) is 0 Å². The molecule has 1 heterocycles. The molecule has 0 amide bonds. The Hall–Kier alpha value is -0.0400. The van der Waals surface area contributed by atoms with Crippen LogP contribution >= 0.6 is 0 Å². The van der Waals surface area contributed by atoms with Gasteiger partial charge in [-0.25, -0.2) is 0 Å². The number of rotatable bonds is 2. The van der Waals surface area contributed by atoms with Crippen LogP contribution in [0.25, 0.3) is 0 Å². The molecule has 0 radical (unpaired) electrons. The monoisotopic (exact) mass is 209 g/mol. The minimum atomic E-state index is 0.499. The number of hydrogen-bond acceptors (Lipinski definition) is 1. The molecule has 1 N–H and O–H groups in total. The Morgan fingerprint density at radius 2 is 1.73 bits per heavy atom. The van der Waals surface area contributed by atoms with Gasteiger partial charge in [-0.05, 0) is 44.1 Å². The molecule has 2 aliphatic rings. The summed E-state index contributed by atoms with van der Waals surface area (Å²) < 4.78 is 0. The molecule has 0 aromatic carbocycles. The van der Waals surface area contributed by atoms with E-state index in [2.05, 4.69) is 19.2 Å². The van der Waals surface area contributed by atoms with Crippen molar-refractivity contribution >= 4 is 0 Å². The van der Waals surface area contributed by atoms with E-state index in [9.17, 15) is 0 Å². The quantitative estimate of drug-likeness (QED) is 0.730. The van der Waals surface area contributed by atoms with Crippen molar-refractivity contribution < 1.29 is 0 Å². The lowest BCUT2D eigenvalue weighted by atomic mass is 9.65. The summed E-state index contributed by atoms with van der Waals surface area (Å²) in [5.41, 5.74) is 0.499. The Bertz CT molecular complexity index is 186. The van der Waals surface area contributed by atoms with Gasteiger partial charge in [-0.2, -0.15) is 0 Å². The first-order valence-corrected chi connectivity index (χ1v) is 7.01. The summed E-state index contributed by atoms with van der Waals surface area (Å²) >= 11 is 0. The highest BCUT2D eigenvalue weighted by Crippen LogP contribution is 2.41. The van der Waals surface area contributed by atoms with Gasteiger partial charge in [0, 0.05) is 5.54 Å². The van der Waals surface area contributed by atoms with E-state index in [1.165, 1.54) is 57.9 Å². The summed E-state index contributed by atoms with van der Waals surface area (Å²) in [5, 5.41) is 3.90. The fourth-order valence-corrected chi connectivity index (χ4v) is 3.88. The smallest absolute Gasteiger partial charge is 0.0232 e. The average molecular weight is 209 g/mol. The van der Waals surface area contributed by atoms with Gasteiger partial charge in [0.25, 0.3) is 0 Å². The Morgan fingerprint density at radius 3 is 2.27 bits per heavy atom. The Labute approximate surface area is 95.0 Å². The molecule has 1 atom stereocenters. The molecule has 15 heavy (non-hydrogen) atoms. The Balaban J connectivity index is 2.09. The summed E-state index contributed by atoms with van der Waals surface area (Å²) in [4.78, 5) is 0. The molecular weight excluding hydrogens is 182 g/mol. The zero-order valence-corrected chi connectivity index (χ0v) is 10.5. The lowest BCUT2D eigenvalue weighted by Gasteiger charge is -2.49. The van der Waals surface area contributed by atoms with Crippen molar-refractivity contribution in [2.75, 3.05) is 6.54 Å². The third-order valence-electron chi connectivity index (χ3n) is 4.84. The van der Waals surface area contributed by atoms with Crippen LogP contribution in [0.15, 0.2) is 0 Å². The van der Waals surface area contributed by atoms with E-state index >= 15 is 0 Å². The molecule has 1 saturated carbocycles. The summed E-state index contributed by atoms with van der Waals surface area (Å²) in [6.45, 7) is 6.11. The van der Waals surface area contributed by atoms with E-state index < -0.39 is 0 Å². The zero-order chi connectivity index (χ0) is 10.7. The maximum Gasteiger partial charge on any atom is 0.0232 e. The molecule has 1 saturated heterocycles. The van der Waals surface area contributed by atoms with Crippen LogP contribution in [-0.4, -0.2) is 12.1 Å². The number of piperidine rings is 1. The van der Waals surface area contributed by atoms with E-state index in [1.54, 1.807) is 0 Å². The third kappa shape index (κ3) is 2.22. The normalized spacial score (nSPS) is 34.6. The second-order valence-corrected chi connectivity index (χ2v) is 5.91. The van der Waals surface area contributed by atoms with E-state index in [4.69, 9.17) is 0 Å². The van der Waals surface area contributed by atoms with Crippen LogP contribution in [0.1, 0.15) is 65.2 Å². The standard InChI is InChI=1S/C14H27N/c1-12(2)14(10-6-7-11-15-14)13-8-4-3-5-9-13/h12-13,15H,3-11H2,1-2H3. The molecule has 1 nitrogen and oxygen atoms in total. The second-order valence-electron chi connectivity index (χ2n) is 5.91. The fourth-order valence-electron chi connectivity index (χ4n) is 3.88. The van der Waals surface area contributed by atoms with Gasteiger partial charge in [0.1, 0.15) is 0 Å². The first-order valence-electron chi connectivity index (χ1n) is 7.01. The molecule has 0 aromatic rings. The highest BCUT2D eigenvalue weighted by molar-refractivity contribution is 4.99. The molecule has 2 fully saturated rings. The van der Waals surface area contributed by atoms with E-state index in [0.29, 0.717) is 5.54 Å². The van der Waals surface area contributed by atoms with Gasteiger partial charge in [0.15, 0.2) is 0 Å². The topological polar surface area (TPSA) is 12.0 Å². The van der Waals surface area contributed by atoms with Crippen LogP contribution in [0.5, 0.6) is 0 Å². The molecule has 1 heteroatoms. The van der Waals surface area contributed by atoms with Gasteiger partial charge in [0.2, 0.25) is 0 Å². The first-order chi connectivity index (χ1) is 7.26. The molecule has 1 unspecified atom stereocenters. The van der Waals surface area contributed by atoms with E-state index in [0.717, 1.165) is 11.8 Å². The summed E-state index contributed by atoms with van der Waals surface area (Å²) in [7, 11) is 0. The van der Waals surface area contributed by atoms with Gasteiger partial charge >= 0.3 is 0 Å². The summed E-state index contributed by atoms with van der Waals surface area (Å²) in [6.07, 6.45) is 11.6. The molecular formula is C14H27N. The molecule has 0 bridgehead atoms. The van der Waals surface area contributed by atoms with Gasteiger partial charge in [-0.3, -0.25) is 0 Å². The Morgan fingerprint density at radius 1 is 1.00 bits per heavy atom. The highest BCUT2D eigenvalue weighted by Gasteiger charge is 2.41. The molecule has 0 aromatic heterocycles. The Kier molecular flexibility index (Phi) is 3.71. The van der Waals surface area contributed by atoms with Crippen molar-refractivity contribution in [1.82, 2.24) is 5.32 Å². The molecule has 1 aliphatic heterocycles. The van der Waals surface area contributed by atoms with Gasteiger partial charge in [-0.1, -0.05) is 39.5 Å². The van der Waals surface area contributed by atoms with Crippen molar-refractivity contribution in [3.05, 3.63) is 0 Å². The largest absolute Gasteiger partial charge is 0.311 e. The first kappa shape index (κ1) is 11.4. The van der Waals surface area contributed by atoms with Crippen molar-refractivity contribution in [2.45, 2.75) is 70.8 Å². The molecule has 88 valence electrons. The van der Waals surface area contributed by atoms with Crippen molar-refractivity contribution in [3.8, 4) is 0 Å². The van der Waals surface area contributed by atoms with Crippen LogP contribution in [0.2, 0.25) is 0 Å². The zero-order valence-electron chi connectivity index (χ0n) is 10.5. The van der Waals surface area contributed by atoms with Crippen molar-refractivity contribution in [2.24, 2.45) is 11.8 Å². The second kappa shape index (κ2) is 4.86. The minimum Gasteiger partial charge on any atom is -0.311 e. The summed E-state index contributed by atoms with van der Waals surface area (Å²) in [5.74, 6) is 1.77. The number of nitrogens with one attached hydrogen (secondary N) is 1. The maximum atomic E-state index is 3.90. The van der Waals surface area contributed by atoms with Crippen LogP contribution in [0, 0.1) is 11.8 Å². The van der Waals surface area contributed by atoms with Gasteiger partial charge < -0.3 is 5.32 Å². The minimum absolute atomic E-state index is 0.499. The molecule has 0 spiro atoms. The SMILES string of the molecule is CC(C)C1(C2CCCCC2)CCCCN1. The predicted molar refractivity (Wildman–Crippen MR) is 66.0 cm³/mol.